The maximum atomic E-state index is 13.7. The summed E-state index contributed by atoms with van der Waals surface area (Å²) in [5.74, 6) is 0.0397. The third-order valence-electron chi connectivity index (χ3n) is 6.01. The molecule has 3 rings (SSSR count). The highest BCUT2D eigenvalue weighted by Crippen LogP contribution is 2.36. The molecule has 2 aromatic rings. The Morgan fingerprint density at radius 2 is 1.78 bits per heavy atom. The predicted molar refractivity (Wildman–Crippen MR) is 139 cm³/mol. The van der Waals surface area contributed by atoms with Crippen LogP contribution in [-0.2, 0) is 26.2 Å². The van der Waals surface area contributed by atoms with E-state index < -0.39 is 28.5 Å². The van der Waals surface area contributed by atoms with Crippen LogP contribution in [0.4, 0.5) is 5.69 Å². The highest BCUT2D eigenvalue weighted by molar-refractivity contribution is 7.92. The van der Waals surface area contributed by atoms with Crippen molar-refractivity contribution in [2.75, 3.05) is 23.9 Å². The molecule has 1 aliphatic heterocycles. The van der Waals surface area contributed by atoms with Gasteiger partial charge in [0.05, 0.1) is 11.9 Å². The number of fused-ring (bicyclic) bond motifs is 1. The second-order valence-corrected chi connectivity index (χ2v) is 11.0. The lowest BCUT2D eigenvalue weighted by Gasteiger charge is -2.33. The Morgan fingerprint density at radius 1 is 1.08 bits per heavy atom. The van der Waals surface area contributed by atoms with Crippen LogP contribution in [0.3, 0.4) is 0 Å². The second kappa shape index (κ2) is 11.8. The van der Waals surface area contributed by atoms with Gasteiger partial charge >= 0.3 is 0 Å². The lowest BCUT2D eigenvalue weighted by molar-refractivity contribution is -0.140. The zero-order valence-electron chi connectivity index (χ0n) is 20.9. The molecule has 0 spiro atoms. The first kappa shape index (κ1) is 27.6. The van der Waals surface area contributed by atoms with Gasteiger partial charge in [-0.3, -0.25) is 13.9 Å². The average Bonchev–Trinajstić information content (AvgIpc) is 3.30. The van der Waals surface area contributed by atoms with Crippen LogP contribution in [0.5, 0.6) is 11.5 Å². The molecular formula is C25H32ClN3O6S. The fraction of sp³-hybridized carbons (Fsp3) is 0.440. The second-order valence-electron chi connectivity index (χ2n) is 8.66. The van der Waals surface area contributed by atoms with E-state index in [9.17, 15) is 18.0 Å². The van der Waals surface area contributed by atoms with Crippen molar-refractivity contribution in [3.05, 3.63) is 53.1 Å². The SMILES string of the molecule is CC[C@H](C)NC(=O)[C@H](CC)N(Cc1ccccc1Cl)C(=O)CN(c1ccc2c(c1)OCO2)S(C)(=O)=O. The minimum absolute atomic E-state index is 0.0334. The van der Waals surface area contributed by atoms with E-state index >= 15 is 0 Å². The zero-order chi connectivity index (χ0) is 26.5. The standard InChI is InChI=1S/C25H32ClN3O6S/c1-5-17(3)27-25(31)21(6-2)28(14-18-9-7-8-10-20(18)26)24(30)15-29(36(4,32)33)19-11-12-22-23(13-19)35-16-34-22/h7-13,17,21H,5-6,14-16H2,1-4H3,(H,27,31)/t17-,21-/m0/s1. The molecular weight excluding hydrogens is 506 g/mol. The first-order valence-electron chi connectivity index (χ1n) is 11.8. The molecule has 2 amide bonds. The number of halogens is 1. The number of rotatable bonds is 11. The van der Waals surface area contributed by atoms with Gasteiger partial charge in [0, 0.05) is 23.7 Å². The molecule has 36 heavy (non-hydrogen) atoms. The van der Waals surface area contributed by atoms with Gasteiger partial charge < -0.3 is 19.7 Å². The number of ether oxygens (including phenoxy) is 2. The van der Waals surface area contributed by atoms with E-state index in [-0.39, 0.29) is 31.0 Å². The molecule has 11 heteroatoms. The summed E-state index contributed by atoms with van der Waals surface area (Å²) in [6.07, 6.45) is 2.09. The molecule has 196 valence electrons. The molecule has 0 fully saturated rings. The van der Waals surface area contributed by atoms with Gasteiger partial charge in [-0.05, 0) is 43.5 Å². The maximum Gasteiger partial charge on any atom is 0.244 e. The van der Waals surface area contributed by atoms with Gasteiger partial charge in [0.15, 0.2) is 11.5 Å². The van der Waals surface area contributed by atoms with Gasteiger partial charge in [0.2, 0.25) is 28.6 Å². The van der Waals surface area contributed by atoms with Crippen molar-refractivity contribution in [1.82, 2.24) is 10.2 Å². The Balaban J connectivity index is 1.96. The number of nitrogens with one attached hydrogen (secondary N) is 1. The Hall–Kier alpha value is -2.98. The van der Waals surface area contributed by atoms with Crippen LogP contribution in [0, 0.1) is 0 Å². The van der Waals surface area contributed by atoms with E-state index in [0.29, 0.717) is 28.5 Å². The van der Waals surface area contributed by atoms with Gasteiger partial charge in [-0.15, -0.1) is 0 Å². The molecule has 2 atom stereocenters. The van der Waals surface area contributed by atoms with Gasteiger partial charge in [-0.1, -0.05) is 43.6 Å². The van der Waals surface area contributed by atoms with E-state index in [1.807, 2.05) is 13.8 Å². The normalized spacial score (nSPS) is 14.1. The monoisotopic (exact) mass is 537 g/mol. The molecule has 1 N–H and O–H groups in total. The fourth-order valence-corrected chi connectivity index (χ4v) is 4.86. The summed E-state index contributed by atoms with van der Waals surface area (Å²) < 4.78 is 37.2. The quantitative estimate of drug-likeness (QED) is 0.470. The number of benzene rings is 2. The van der Waals surface area contributed by atoms with Crippen molar-refractivity contribution in [3.8, 4) is 11.5 Å². The fourth-order valence-electron chi connectivity index (χ4n) is 3.82. The Kier molecular flexibility index (Phi) is 9.08. The van der Waals surface area contributed by atoms with Crippen molar-refractivity contribution in [2.45, 2.75) is 52.2 Å². The third kappa shape index (κ3) is 6.61. The first-order chi connectivity index (χ1) is 17.0. The van der Waals surface area contributed by atoms with Crippen molar-refractivity contribution < 1.29 is 27.5 Å². The largest absolute Gasteiger partial charge is 0.454 e. The van der Waals surface area contributed by atoms with Gasteiger partial charge in [-0.2, -0.15) is 0 Å². The number of hydrogen-bond acceptors (Lipinski definition) is 6. The van der Waals surface area contributed by atoms with Crippen LogP contribution in [-0.4, -0.2) is 56.8 Å². The van der Waals surface area contributed by atoms with Crippen LogP contribution in [0.2, 0.25) is 5.02 Å². The van der Waals surface area contributed by atoms with Crippen LogP contribution in [0.15, 0.2) is 42.5 Å². The van der Waals surface area contributed by atoms with Crippen molar-refractivity contribution >= 4 is 39.1 Å². The van der Waals surface area contributed by atoms with Gasteiger partial charge in [0.25, 0.3) is 0 Å². The Morgan fingerprint density at radius 3 is 2.42 bits per heavy atom. The van der Waals surface area contributed by atoms with E-state index in [1.54, 1.807) is 43.3 Å². The maximum absolute atomic E-state index is 13.7. The molecule has 2 aromatic carbocycles. The lowest BCUT2D eigenvalue weighted by Crippen LogP contribution is -2.53. The highest BCUT2D eigenvalue weighted by atomic mass is 35.5. The van der Waals surface area contributed by atoms with Crippen molar-refractivity contribution in [1.29, 1.82) is 0 Å². The van der Waals surface area contributed by atoms with E-state index in [2.05, 4.69) is 5.32 Å². The summed E-state index contributed by atoms with van der Waals surface area (Å²) in [6.45, 7) is 5.22. The van der Waals surface area contributed by atoms with Crippen LogP contribution in [0.25, 0.3) is 0 Å². The number of nitrogens with zero attached hydrogens (tertiary/aromatic N) is 2. The summed E-state index contributed by atoms with van der Waals surface area (Å²) in [4.78, 5) is 28.3. The molecule has 0 saturated heterocycles. The molecule has 0 bridgehead atoms. The van der Waals surface area contributed by atoms with E-state index in [4.69, 9.17) is 21.1 Å². The summed E-state index contributed by atoms with van der Waals surface area (Å²) in [6, 6.07) is 10.8. The summed E-state index contributed by atoms with van der Waals surface area (Å²) >= 11 is 6.37. The average molecular weight is 538 g/mol. The summed E-state index contributed by atoms with van der Waals surface area (Å²) in [5, 5.41) is 3.38. The minimum Gasteiger partial charge on any atom is -0.454 e. The number of sulfonamides is 1. The number of carbonyl (C=O) groups is 2. The topological polar surface area (TPSA) is 105 Å². The molecule has 9 nitrogen and oxygen atoms in total. The van der Waals surface area contributed by atoms with Gasteiger partial charge in [-0.25, -0.2) is 8.42 Å². The smallest absolute Gasteiger partial charge is 0.244 e. The molecule has 0 saturated carbocycles. The lowest BCUT2D eigenvalue weighted by atomic mass is 10.1. The molecule has 0 aliphatic carbocycles. The van der Waals surface area contributed by atoms with E-state index in [1.165, 1.54) is 11.0 Å². The van der Waals surface area contributed by atoms with Crippen LogP contribution in [0.1, 0.15) is 39.2 Å². The highest BCUT2D eigenvalue weighted by Gasteiger charge is 2.33. The van der Waals surface area contributed by atoms with Crippen molar-refractivity contribution in [2.24, 2.45) is 0 Å². The van der Waals surface area contributed by atoms with Gasteiger partial charge in [0.1, 0.15) is 12.6 Å². The number of amides is 2. The number of hydrogen-bond donors (Lipinski definition) is 1. The summed E-state index contributed by atoms with van der Waals surface area (Å²) in [5.41, 5.74) is 0.904. The molecule has 0 unspecified atom stereocenters. The first-order valence-corrected chi connectivity index (χ1v) is 14.0. The van der Waals surface area contributed by atoms with Crippen LogP contribution < -0.4 is 19.1 Å². The van der Waals surface area contributed by atoms with Crippen molar-refractivity contribution in [3.63, 3.8) is 0 Å². The predicted octanol–water partition coefficient (Wildman–Crippen LogP) is 3.56. The zero-order valence-corrected chi connectivity index (χ0v) is 22.4. The summed E-state index contributed by atoms with van der Waals surface area (Å²) in [7, 11) is -3.86. The third-order valence-corrected chi connectivity index (χ3v) is 7.52. The minimum atomic E-state index is -3.86. The van der Waals surface area contributed by atoms with Crippen LogP contribution >= 0.6 is 11.6 Å². The molecule has 1 aliphatic rings. The molecule has 0 aromatic heterocycles. The van der Waals surface area contributed by atoms with E-state index in [0.717, 1.165) is 17.0 Å². The Labute approximate surface area is 217 Å². The Bertz CT molecular complexity index is 1210. The number of carbonyl (C=O) groups excluding carboxylic acids is 2. The molecule has 1 heterocycles. The number of anilines is 1. The molecule has 0 radical (unpaired) electrons.